The molecule has 0 bridgehead atoms. The van der Waals surface area contributed by atoms with Crippen molar-refractivity contribution in [2.24, 2.45) is 0 Å². The fraction of sp³-hybridized carbons (Fsp3) is 0.600. The highest BCUT2D eigenvalue weighted by molar-refractivity contribution is 5.73. The molecule has 4 nitrogen and oxygen atoms in total. The summed E-state index contributed by atoms with van der Waals surface area (Å²) in [5.41, 5.74) is 2.18. The van der Waals surface area contributed by atoms with Gasteiger partial charge in [0.05, 0.1) is 11.7 Å². The van der Waals surface area contributed by atoms with Crippen LogP contribution in [0.5, 0.6) is 0 Å². The SMILES string of the molecule is CCc1ccc(C(C)N2CCCCC2C(=O)O)nc1. The Morgan fingerprint density at radius 3 is 2.89 bits per heavy atom. The molecular weight excluding hydrogens is 240 g/mol. The molecule has 0 radical (unpaired) electrons. The van der Waals surface area contributed by atoms with Crippen molar-refractivity contribution in [3.8, 4) is 0 Å². The first-order chi connectivity index (χ1) is 9.13. The quantitative estimate of drug-likeness (QED) is 0.906. The molecule has 0 aromatic carbocycles. The maximum absolute atomic E-state index is 11.3. The average molecular weight is 262 g/mol. The van der Waals surface area contributed by atoms with E-state index in [9.17, 15) is 9.90 Å². The van der Waals surface area contributed by atoms with Crippen LogP contribution in [0, 0.1) is 0 Å². The van der Waals surface area contributed by atoms with E-state index in [-0.39, 0.29) is 12.1 Å². The Morgan fingerprint density at radius 1 is 1.53 bits per heavy atom. The minimum Gasteiger partial charge on any atom is -0.480 e. The average Bonchev–Trinajstić information content (AvgIpc) is 2.46. The van der Waals surface area contributed by atoms with Gasteiger partial charge in [0.2, 0.25) is 0 Å². The van der Waals surface area contributed by atoms with E-state index in [1.165, 1.54) is 5.56 Å². The molecule has 104 valence electrons. The zero-order valence-corrected chi connectivity index (χ0v) is 11.7. The van der Waals surface area contributed by atoms with Crippen LogP contribution >= 0.6 is 0 Å². The lowest BCUT2D eigenvalue weighted by molar-refractivity contribution is -0.145. The molecule has 0 saturated carbocycles. The number of carboxylic acid groups (broad SMARTS) is 1. The van der Waals surface area contributed by atoms with Crippen LogP contribution in [0.15, 0.2) is 18.3 Å². The van der Waals surface area contributed by atoms with Crippen LogP contribution in [0.4, 0.5) is 0 Å². The molecule has 4 heteroatoms. The first-order valence-corrected chi connectivity index (χ1v) is 7.07. The monoisotopic (exact) mass is 262 g/mol. The molecule has 1 aliphatic rings. The molecule has 19 heavy (non-hydrogen) atoms. The molecule has 1 saturated heterocycles. The Morgan fingerprint density at radius 2 is 2.32 bits per heavy atom. The van der Waals surface area contributed by atoms with Crippen LogP contribution in [0.3, 0.4) is 0 Å². The lowest BCUT2D eigenvalue weighted by Crippen LogP contribution is -2.45. The number of aliphatic carboxylic acids is 1. The van der Waals surface area contributed by atoms with Gasteiger partial charge in [0, 0.05) is 6.20 Å². The van der Waals surface area contributed by atoms with E-state index in [1.54, 1.807) is 0 Å². The van der Waals surface area contributed by atoms with E-state index in [1.807, 2.05) is 12.3 Å². The molecule has 1 fully saturated rings. The molecule has 2 unspecified atom stereocenters. The van der Waals surface area contributed by atoms with E-state index in [0.29, 0.717) is 0 Å². The number of aryl methyl sites for hydroxylation is 1. The summed E-state index contributed by atoms with van der Waals surface area (Å²) in [6.07, 6.45) is 5.69. The number of carboxylic acids is 1. The Labute approximate surface area is 114 Å². The summed E-state index contributed by atoms with van der Waals surface area (Å²) in [5, 5.41) is 9.32. The largest absolute Gasteiger partial charge is 0.480 e. The Kier molecular flexibility index (Phi) is 4.53. The van der Waals surface area contributed by atoms with Gasteiger partial charge in [0.25, 0.3) is 0 Å². The number of rotatable bonds is 4. The van der Waals surface area contributed by atoms with E-state index in [4.69, 9.17) is 0 Å². The van der Waals surface area contributed by atoms with Crippen LogP contribution in [0.2, 0.25) is 0 Å². The molecule has 2 rings (SSSR count). The van der Waals surface area contributed by atoms with Crippen molar-refractivity contribution in [1.29, 1.82) is 0 Å². The van der Waals surface area contributed by atoms with Gasteiger partial charge in [-0.3, -0.25) is 14.7 Å². The van der Waals surface area contributed by atoms with Crippen molar-refractivity contribution in [3.63, 3.8) is 0 Å². The molecule has 1 aromatic rings. The highest BCUT2D eigenvalue weighted by Gasteiger charge is 2.32. The van der Waals surface area contributed by atoms with Gasteiger partial charge in [-0.1, -0.05) is 19.4 Å². The predicted molar refractivity (Wildman–Crippen MR) is 74.0 cm³/mol. The zero-order chi connectivity index (χ0) is 13.8. The van der Waals surface area contributed by atoms with Gasteiger partial charge in [-0.25, -0.2) is 0 Å². The van der Waals surface area contributed by atoms with Crippen LogP contribution in [-0.4, -0.2) is 33.5 Å². The summed E-state index contributed by atoms with van der Waals surface area (Å²) < 4.78 is 0. The van der Waals surface area contributed by atoms with Crippen molar-refractivity contribution in [3.05, 3.63) is 29.6 Å². The normalized spacial score (nSPS) is 22.1. The van der Waals surface area contributed by atoms with Crippen LogP contribution < -0.4 is 0 Å². The summed E-state index contributed by atoms with van der Waals surface area (Å²) in [6, 6.07) is 3.80. The molecule has 1 N–H and O–H groups in total. The van der Waals surface area contributed by atoms with Crippen LogP contribution in [-0.2, 0) is 11.2 Å². The first-order valence-electron chi connectivity index (χ1n) is 7.07. The van der Waals surface area contributed by atoms with Gasteiger partial charge < -0.3 is 5.11 Å². The number of hydrogen-bond acceptors (Lipinski definition) is 3. The van der Waals surface area contributed by atoms with Crippen LogP contribution in [0.25, 0.3) is 0 Å². The van der Waals surface area contributed by atoms with E-state index in [0.717, 1.165) is 37.9 Å². The summed E-state index contributed by atoms with van der Waals surface area (Å²) in [6.45, 7) is 5.00. The maximum atomic E-state index is 11.3. The molecular formula is C15H22N2O2. The maximum Gasteiger partial charge on any atom is 0.320 e. The number of aromatic nitrogens is 1. The first kappa shape index (κ1) is 14.0. The fourth-order valence-electron chi connectivity index (χ4n) is 2.74. The molecule has 0 aliphatic carbocycles. The van der Waals surface area contributed by atoms with E-state index >= 15 is 0 Å². The number of hydrogen-bond donors (Lipinski definition) is 1. The number of piperidine rings is 1. The number of likely N-dealkylation sites (tertiary alicyclic amines) is 1. The summed E-state index contributed by atoms with van der Waals surface area (Å²) in [7, 11) is 0. The molecule has 2 atom stereocenters. The highest BCUT2D eigenvalue weighted by Crippen LogP contribution is 2.27. The molecule has 1 aromatic heterocycles. The second-order valence-corrected chi connectivity index (χ2v) is 5.21. The third kappa shape index (κ3) is 3.13. The molecule has 1 aliphatic heterocycles. The molecule has 2 heterocycles. The van der Waals surface area contributed by atoms with Gasteiger partial charge in [-0.05, 0) is 44.4 Å². The van der Waals surface area contributed by atoms with E-state index < -0.39 is 5.97 Å². The summed E-state index contributed by atoms with van der Waals surface area (Å²) in [5.74, 6) is -0.711. The topological polar surface area (TPSA) is 53.4 Å². The van der Waals surface area contributed by atoms with E-state index in [2.05, 4.69) is 29.8 Å². The fourth-order valence-corrected chi connectivity index (χ4v) is 2.74. The van der Waals surface area contributed by atoms with Crippen molar-refractivity contribution in [2.45, 2.75) is 51.6 Å². The third-order valence-corrected chi connectivity index (χ3v) is 4.01. The van der Waals surface area contributed by atoms with Crippen molar-refractivity contribution in [1.82, 2.24) is 9.88 Å². The van der Waals surface area contributed by atoms with Gasteiger partial charge in [-0.2, -0.15) is 0 Å². The number of pyridine rings is 1. The number of nitrogens with zero attached hydrogens (tertiary/aromatic N) is 2. The minimum atomic E-state index is -0.711. The Bertz CT molecular complexity index is 430. The van der Waals surface area contributed by atoms with Crippen LogP contribution in [0.1, 0.15) is 50.4 Å². The number of carbonyl (C=O) groups is 1. The highest BCUT2D eigenvalue weighted by atomic mass is 16.4. The Balaban J connectivity index is 2.15. The van der Waals surface area contributed by atoms with Gasteiger partial charge in [0.15, 0.2) is 0 Å². The lowest BCUT2D eigenvalue weighted by atomic mass is 9.99. The van der Waals surface area contributed by atoms with Gasteiger partial charge >= 0.3 is 5.97 Å². The minimum absolute atomic E-state index is 0.0623. The smallest absolute Gasteiger partial charge is 0.320 e. The lowest BCUT2D eigenvalue weighted by Gasteiger charge is -2.37. The standard InChI is InChI=1S/C15H22N2O2/c1-3-12-7-8-13(16-10-12)11(2)17-9-5-4-6-14(17)15(18)19/h7-8,10-11,14H,3-6,9H2,1-2H3,(H,18,19). The van der Waals surface area contributed by atoms with Gasteiger partial charge in [0.1, 0.15) is 6.04 Å². The van der Waals surface area contributed by atoms with Gasteiger partial charge in [-0.15, -0.1) is 0 Å². The summed E-state index contributed by atoms with van der Waals surface area (Å²) in [4.78, 5) is 17.9. The molecule has 0 spiro atoms. The zero-order valence-electron chi connectivity index (χ0n) is 11.7. The Hall–Kier alpha value is -1.42. The van der Waals surface area contributed by atoms with Crippen molar-refractivity contribution >= 4 is 5.97 Å². The summed E-state index contributed by atoms with van der Waals surface area (Å²) >= 11 is 0. The molecule has 0 amide bonds. The second kappa shape index (κ2) is 6.15. The second-order valence-electron chi connectivity index (χ2n) is 5.21. The third-order valence-electron chi connectivity index (χ3n) is 4.01. The van der Waals surface area contributed by atoms with Crippen molar-refractivity contribution < 1.29 is 9.90 Å². The predicted octanol–water partition coefficient (Wildman–Crippen LogP) is 2.64. The van der Waals surface area contributed by atoms with Crippen molar-refractivity contribution in [2.75, 3.05) is 6.54 Å².